The summed E-state index contributed by atoms with van der Waals surface area (Å²) in [6.45, 7) is 13.3. The van der Waals surface area contributed by atoms with Crippen molar-refractivity contribution in [1.29, 1.82) is 0 Å². The minimum absolute atomic E-state index is 0.00101. The second-order valence-corrected chi connectivity index (χ2v) is 13.2. The number of carbonyl (C=O) groups is 2. The second kappa shape index (κ2) is 10.0. The van der Waals surface area contributed by atoms with Gasteiger partial charge in [0, 0.05) is 47.8 Å². The summed E-state index contributed by atoms with van der Waals surface area (Å²) in [6.07, 6.45) is 2.51. The number of nitrogens with zero attached hydrogens (tertiary/aromatic N) is 1. The number of ether oxygens (including phenoxy) is 2. The van der Waals surface area contributed by atoms with Gasteiger partial charge in [0.05, 0.1) is 13.2 Å². The molecule has 5 heteroatoms. The Hall–Kier alpha value is -3.34. The van der Waals surface area contributed by atoms with E-state index in [9.17, 15) is 9.59 Å². The molecule has 0 bridgehead atoms. The number of hydrogen-bond acceptors (Lipinski definition) is 5. The van der Waals surface area contributed by atoms with Gasteiger partial charge in [-0.15, -0.1) is 0 Å². The predicted molar refractivity (Wildman–Crippen MR) is 154 cm³/mol. The molecule has 1 aliphatic heterocycles. The monoisotopic (exact) mass is 527 g/mol. The summed E-state index contributed by atoms with van der Waals surface area (Å²) < 4.78 is 11.7. The van der Waals surface area contributed by atoms with Crippen LogP contribution >= 0.6 is 0 Å². The topological polar surface area (TPSA) is 55.8 Å². The number of methoxy groups -OCH3 is 1. The molecule has 0 aromatic heterocycles. The summed E-state index contributed by atoms with van der Waals surface area (Å²) in [6, 6.07) is 16.2. The summed E-state index contributed by atoms with van der Waals surface area (Å²) >= 11 is 0. The molecule has 0 spiro atoms. The van der Waals surface area contributed by atoms with Gasteiger partial charge in [-0.25, -0.2) is 0 Å². The fourth-order valence-corrected chi connectivity index (χ4v) is 6.55. The van der Waals surface area contributed by atoms with Crippen molar-refractivity contribution in [2.45, 2.75) is 85.8 Å². The van der Waals surface area contributed by atoms with Gasteiger partial charge in [-0.1, -0.05) is 64.1 Å². The lowest BCUT2D eigenvalue weighted by atomic mass is 9.63. The average Bonchev–Trinajstić information content (AvgIpc) is 2.84. The van der Waals surface area contributed by atoms with Gasteiger partial charge in [-0.3, -0.25) is 9.59 Å². The van der Waals surface area contributed by atoms with E-state index in [1.165, 1.54) is 0 Å². The minimum Gasteiger partial charge on any atom is -0.493 e. The van der Waals surface area contributed by atoms with Gasteiger partial charge in [0.1, 0.15) is 0 Å². The van der Waals surface area contributed by atoms with E-state index in [1.54, 1.807) is 7.11 Å². The molecule has 1 heterocycles. The number of Topliss-reactive ketones (excluding diaryl/α,β-unsaturated/α-hetero) is 2. The van der Waals surface area contributed by atoms with Crippen molar-refractivity contribution in [3.05, 3.63) is 82.2 Å². The molecule has 0 fully saturated rings. The van der Waals surface area contributed by atoms with Gasteiger partial charge in [0.15, 0.2) is 23.1 Å². The molecule has 2 aliphatic carbocycles. The Balaban J connectivity index is 1.74. The third-order valence-electron chi connectivity index (χ3n) is 8.09. The fourth-order valence-electron chi connectivity index (χ4n) is 6.55. The maximum absolute atomic E-state index is 14.0. The molecule has 3 aliphatic rings. The first kappa shape index (κ1) is 27.2. The third-order valence-corrected chi connectivity index (χ3v) is 8.09. The van der Waals surface area contributed by atoms with Crippen LogP contribution in [0.1, 0.15) is 84.3 Å². The predicted octanol–water partition coefficient (Wildman–Crippen LogP) is 7.37. The molecule has 0 unspecified atom stereocenters. The van der Waals surface area contributed by atoms with Crippen molar-refractivity contribution in [1.82, 2.24) is 4.90 Å². The molecule has 0 atom stereocenters. The van der Waals surface area contributed by atoms with Crippen molar-refractivity contribution in [3.63, 3.8) is 0 Å². The number of hydrogen-bond donors (Lipinski definition) is 0. The lowest BCUT2D eigenvalue weighted by Crippen LogP contribution is -2.44. The fraction of sp³-hybridized carbons (Fsp3) is 0.471. The molecule has 0 radical (unpaired) electrons. The molecule has 0 N–H and O–H groups in total. The van der Waals surface area contributed by atoms with E-state index in [4.69, 9.17) is 9.47 Å². The first-order chi connectivity index (χ1) is 18.4. The van der Waals surface area contributed by atoms with E-state index < -0.39 is 5.92 Å². The van der Waals surface area contributed by atoms with Crippen LogP contribution in [0.3, 0.4) is 0 Å². The highest BCUT2D eigenvalue weighted by Crippen LogP contribution is 2.55. The molecule has 206 valence electrons. The minimum atomic E-state index is -0.406. The first-order valence-electron chi connectivity index (χ1n) is 14.1. The Kier molecular flexibility index (Phi) is 6.98. The Morgan fingerprint density at radius 1 is 0.821 bits per heavy atom. The molecule has 39 heavy (non-hydrogen) atoms. The summed E-state index contributed by atoms with van der Waals surface area (Å²) in [4.78, 5) is 30.4. The van der Waals surface area contributed by atoms with Crippen LogP contribution in [-0.4, -0.2) is 29.7 Å². The molecular formula is C34H41NO4. The SMILES string of the molecule is COc1cc(C2C3=C(CC(C)(C)CC3=O)N(Cc3ccccc3)C3=C2C(=O)CC(C)(C)C3)ccc1OC(C)C. The van der Waals surface area contributed by atoms with E-state index in [0.29, 0.717) is 30.9 Å². The van der Waals surface area contributed by atoms with Gasteiger partial charge < -0.3 is 14.4 Å². The quantitative estimate of drug-likeness (QED) is 0.393. The van der Waals surface area contributed by atoms with Crippen molar-refractivity contribution < 1.29 is 19.1 Å². The zero-order valence-electron chi connectivity index (χ0n) is 24.4. The van der Waals surface area contributed by atoms with Crippen LogP contribution < -0.4 is 9.47 Å². The van der Waals surface area contributed by atoms with Crippen LogP contribution in [0, 0.1) is 10.8 Å². The van der Waals surface area contributed by atoms with Gasteiger partial charge in [0.2, 0.25) is 0 Å². The maximum Gasteiger partial charge on any atom is 0.162 e. The molecule has 0 saturated heterocycles. The van der Waals surface area contributed by atoms with E-state index in [1.807, 2.05) is 50.2 Å². The number of benzene rings is 2. The highest BCUT2D eigenvalue weighted by atomic mass is 16.5. The number of allylic oxidation sites excluding steroid dienone is 4. The smallest absolute Gasteiger partial charge is 0.162 e. The molecule has 0 amide bonds. The van der Waals surface area contributed by atoms with Crippen molar-refractivity contribution >= 4 is 11.6 Å². The number of rotatable bonds is 6. The Morgan fingerprint density at radius 3 is 1.90 bits per heavy atom. The molecule has 5 rings (SSSR count). The zero-order valence-corrected chi connectivity index (χ0v) is 24.4. The Labute approximate surface area is 232 Å². The van der Waals surface area contributed by atoms with Gasteiger partial charge in [-0.05, 0) is 60.8 Å². The summed E-state index contributed by atoms with van der Waals surface area (Å²) in [5, 5.41) is 0. The molecule has 0 saturated carbocycles. The van der Waals surface area contributed by atoms with Gasteiger partial charge in [-0.2, -0.15) is 0 Å². The van der Waals surface area contributed by atoms with Crippen LogP contribution in [0.5, 0.6) is 11.5 Å². The van der Waals surface area contributed by atoms with Gasteiger partial charge >= 0.3 is 0 Å². The van der Waals surface area contributed by atoms with Crippen molar-refractivity contribution in [2.24, 2.45) is 10.8 Å². The summed E-state index contributed by atoms with van der Waals surface area (Å²) in [5.41, 5.74) is 5.43. The van der Waals surface area contributed by atoms with E-state index >= 15 is 0 Å². The summed E-state index contributed by atoms with van der Waals surface area (Å²) in [5.74, 6) is 1.14. The van der Waals surface area contributed by atoms with Crippen LogP contribution in [0.2, 0.25) is 0 Å². The normalized spacial score (nSPS) is 20.8. The van der Waals surface area contributed by atoms with Crippen LogP contribution in [0.4, 0.5) is 0 Å². The number of ketones is 2. The lowest BCUT2D eigenvalue weighted by Gasteiger charge is -2.49. The highest BCUT2D eigenvalue weighted by Gasteiger charge is 2.49. The second-order valence-electron chi connectivity index (χ2n) is 13.2. The largest absolute Gasteiger partial charge is 0.493 e. The standard InChI is InChI=1S/C34H41NO4/c1-21(2)39-28-14-13-23(15-29(28)38-7)30-31-24(16-33(3,4)18-26(31)36)35(20-22-11-9-8-10-12-22)25-17-34(5,6)19-27(37)32(25)30/h8-15,21,30H,16-20H2,1-7H3. The maximum atomic E-state index is 14.0. The molecular weight excluding hydrogens is 486 g/mol. The third kappa shape index (κ3) is 5.28. The molecule has 2 aromatic rings. The highest BCUT2D eigenvalue weighted by molar-refractivity contribution is 6.06. The zero-order chi connectivity index (χ0) is 28.1. The van der Waals surface area contributed by atoms with Crippen LogP contribution in [-0.2, 0) is 16.1 Å². The average molecular weight is 528 g/mol. The van der Waals surface area contributed by atoms with E-state index in [-0.39, 0.29) is 28.5 Å². The van der Waals surface area contributed by atoms with Crippen molar-refractivity contribution in [2.75, 3.05) is 7.11 Å². The lowest BCUT2D eigenvalue weighted by molar-refractivity contribution is -0.119. The summed E-state index contributed by atoms with van der Waals surface area (Å²) in [7, 11) is 1.63. The number of carbonyl (C=O) groups excluding carboxylic acids is 2. The van der Waals surface area contributed by atoms with Crippen LogP contribution in [0.25, 0.3) is 0 Å². The van der Waals surface area contributed by atoms with Gasteiger partial charge in [0.25, 0.3) is 0 Å². The Bertz CT molecular complexity index is 1310. The van der Waals surface area contributed by atoms with E-state index in [0.717, 1.165) is 46.5 Å². The first-order valence-corrected chi connectivity index (χ1v) is 14.1. The van der Waals surface area contributed by atoms with Crippen molar-refractivity contribution in [3.8, 4) is 11.5 Å². The molecule has 5 nitrogen and oxygen atoms in total. The Morgan fingerprint density at radius 2 is 1.38 bits per heavy atom. The molecule has 2 aromatic carbocycles. The van der Waals surface area contributed by atoms with E-state index in [2.05, 4.69) is 44.7 Å². The van der Waals surface area contributed by atoms with Crippen LogP contribution in [0.15, 0.2) is 71.1 Å².